The molecule has 1 saturated heterocycles. The molecule has 5 nitrogen and oxygen atoms in total. The third kappa shape index (κ3) is 3.09. The first-order valence-electron chi connectivity index (χ1n) is 5.60. The molecule has 0 unspecified atom stereocenters. The van der Waals surface area contributed by atoms with Gasteiger partial charge in [-0.2, -0.15) is 5.10 Å². The Kier molecular flexibility index (Phi) is 3.83. The topological polar surface area (TPSA) is 60.0 Å². The van der Waals surface area contributed by atoms with Crippen molar-refractivity contribution in [1.82, 2.24) is 14.8 Å². The van der Waals surface area contributed by atoms with Gasteiger partial charge in [0.1, 0.15) is 11.6 Å². The van der Waals surface area contributed by atoms with E-state index in [0.717, 1.165) is 23.4 Å². The van der Waals surface area contributed by atoms with Crippen molar-refractivity contribution >= 4 is 27.6 Å². The molecule has 0 aromatic carbocycles. The quantitative estimate of drug-likeness (QED) is 0.860. The Morgan fingerprint density at radius 1 is 1.29 bits per heavy atom. The van der Waals surface area contributed by atoms with E-state index in [-0.39, 0.29) is 0 Å². The Labute approximate surface area is 109 Å². The maximum absolute atomic E-state index is 5.95. The van der Waals surface area contributed by atoms with E-state index in [1.165, 1.54) is 12.8 Å². The van der Waals surface area contributed by atoms with Crippen LogP contribution in [-0.4, -0.2) is 27.9 Å². The molecule has 1 aliphatic heterocycles. The van der Waals surface area contributed by atoms with Gasteiger partial charge in [0.25, 0.3) is 0 Å². The lowest BCUT2D eigenvalue weighted by Gasteiger charge is -2.15. The summed E-state index contributed by atoms with van der Waals surface area (Å²) in [5.74, 6) is 1.48. The Balaban J connectivity index is 2.51. The molecule has 92 valence electrons. The molecular formula is C11H16BrN5. The first kappa shape index (κ1) is 12.2. The normalized spacial score (nSPS) is 14.8. The second kappa shape index (κ2) is 5.35. The van der Waals surface area contributed by atoms with E-state index in [1.54, 1.807) is 17.1 Å². The molecular weight excluding hydrogens is 282 g/mol. The van der Waals surface area contributed by atoms with E-state index in [9.17, 15) is 0 Å². The first-order valence-corrected chi connectivity index (χ1v) is 6.39. The average Bonchev–Trinajstić information content (AvgIpc) is 2.84. The molecule has 0 bridgehead atoms. The van der Waals surface area contributed by atoms with Crippen LogP contribution < -0.4 is 10.6 Å². The zero-order chi connectivity index (χ0) is 12.3. The molecule has 0 amide bonds. The molecule has 0 saturated carbocycles. The number of nitrogens with zero attached hydrogens (tertiary/aromatic N) is 4. The van der Waals surface area contributed by atoms with Gasteiger partial charge in [-0.1, -0.05) is 0 Å². The van der Waals surface area contributed by atoms with Gasteiger partial charge >= 0.3 is 0 Å². The van der Waals surface area contributed by atoms with Crippen molar-refractivity contribution in [1.29, 1.82) is 0 Å². The second-order valence-corrected chi connectivity index (χ2v) is 4.95. The van der Waals surface area contributed by atoms with E-state index < -0.39 is 0 Å². The molecule has 17 heavy (non-hydrogen) atoms. The summed E-state index contributed by atoms with van der Waals surface area (Å²) >= 11 is 3.39. The predicted octanol–water partition coefficient (Wildman–Crippen LogP) is 1.88. The molecule has 6 heteroatoms. The summed E-state index contributed by atoms with van der Waals surface area (Å²) in [5.41, 5.74) is 5.95. The highest BCUT2D eigenvalue weighted by Gasteiger charge is 2.12. The second-order valence-electron chi connectivity index (χ2n) is 4.03. The van der Waals surface area contributed by atoms with Crippen LogP contribution in [-0.2, 0) is 7.05 Å². The molecule has 2 N–H and O–H groups in total. The van der Waals surface area contributed by atoms with Crippen LogP contribution in [0.25, 0.3) is 0 Å². The molecule has 0 spiro atoms. The number of rotatable bonds is 1. The first-order chi connectivity index (χ1) is 8.16. The van der Waals surface area contributed by atoms with Crippen LogP contribution in [0.5, 0.6) is 0 Å². The molecule has 0 radical (unpaired) electrons. The maximum Gasteiger partial charge on any atom is 0.132 e. The number of nitrogen functional groups attached to an aromatic ring is 1. The number of hydrogen-bond donors (Lipinski definition) is 1. The van der Waals surface area contributed by atoms with Crippen LogP contribution in [0.1, 0.15) is 12.8 Å². The molecule has 0 aliphatic carbocycles. The highest BCUT2D eigenvalue weighted by Crippen LogP contribution is 2.18. The summed E-state index contributed by atoms with van der Waals surface area (Å²) in [4.78, 5) is 6.69. The number of aryl methyl sites for hydroxylation is 1. The zero-order valence-corrected chi connectivity index (χ0v) is 11.4. The van der Waals surface area contributed by atoms with Gasteiger partial charge in [0.05, 0.1) is 10.7 Å². The van der Waals surface area contributed by atoms with Crippen LogP contribution >= 0.6 is 15.9 Å². The minimum absolute atomic E-state index is 0.586. The fraction of sp³-hybridized carbons (Fsp3) is 0.455. The predicted molar refractivity (Wildman–Crippen MR) is 72.2 cm³/mol. The third-order valence-corrected chi connectivity index (χ3v) is 3.16. The van der Waals surface area contributed by atoms with Crippen molar-refractivity contribution < 1.29 is 0 Å². The summed E-state index contributed by atoms with van der Waals surface area (Å²) in [6, 6.07) is 1.87. The highest BCUT2D eigenvalue weighted by molar-refractivity contribution is 9.10. The van der Waals surface area contributed by atoms with Gasteiger partial charge in [0.2, 0.25) is 0 Å². The van der Waals surface area contributed by atoms with Crippen molar-refractivity contribution in [3.8, 4) is 0 Å². The SMILES string of the molecule is Cn1ncc(Br)cnc(N2CCCC2)cc1N. The fourth-order valence-corrected chi connectivity index (χ4v) is 1.95. The molecule has 2 rings (SSSR count). The Bertz CT molecular complexity index is 449. The summed E-state index contributed by atoms with van der Waals surface area (Å²) in [6.07, 6.45) is 5.85. The van der Waals surface area contributed by atoms with E-state index in [4.69, 9.17) is 5.73 Å². The number of halogens is 1. The molecule has 2 heterocycles. The molecule has 0 atom stereocenters. The lowest BCUT2D eigenvalue weighted by molar-refractivity contribution is 0.757. The standard InChI is InChI=1S/C11H16BrN5/c1-16-10(13)6-11(17-4-2-3-5-17)14-7-9(12)8-15-16/h6-8H,2-5,13H2,1H3. The van der Waals surface area contributed by atoms with Gasteiger partial charge in [0, 0.05) is 32.4 Å². The highest BCUT2D eigenvalue weighted by atomic mass is 79.9. The summed E-state index contributed by atoms with van der Waals surface area (Å²) < 4.78 is 2.45. The van der Waals surface area contributed by atoms with Gasteiger partial charge in [-0.05, 0) is 28.8 Å². The monoisotopic (exact) mass is 297 g/mol. The van der Waals surface area contributed by atoms with E-state index >= 15 is 0 Å². The fourth-order valence-electron chi connectivity index (χ4n) is 1.75. The van der Waals surface area contributed by atoms with E-state index in [0.29, 0.717) is 5.82 Å². The van der Waals surface area contributed by atoms with Crippen molar-refractivity contribution in [3.63, 3.8) is 0 Å². The Morgan fingerprint density at radius 3 is 2.71 bits per heavy atom. The van der Waals surface area contributed by atoms with E-state index in [2.05, 4.69) is 30.9 Å². The molecule has 1 aliphatic rings. The van der Waals surface area contributed by atoms with Gasteiger partial charge in [-0.3, -0.25) is 4.68 Å². The number of anilines is 2. The number of aromatic nitrogens is 3. The van der Waals surface area contributed by atoms with Crippen LogP contribution in [0.15, 0.2) is 22.9 Å². The zero-order valence-electron chi connectivity index (χ0n) is 9.80. The van der Waals surface area contributed by atoms with Crippen LogP contribution in [0.3, 0.4) is 0 Å². The summed E-state index contributed by atoms with van der Waals surface area (Å²) in [7, 11) is 1.82. The van der Waals surface area contributed by atoms with Crippen LogP contribution in [0, 0.1) is 0 Å². The lowest BCUT2D eigenvalue weighted by atomic mass is 10.4. The minimum atomic E-state index is 0.586. The van der Waals surface area contributed by atoms with Gasteiger partial charge in [-0.25, -0.2) is 4.98 Å². The van der Waals surface area contributed by atoms with Crippen molar-refractivity contribution in [2.24, 2.45) is 7.05 Å². The minimum Gasteiger partial charge on any atom is -0.384 e. The van der Waals surface area contributed by atoms with Gasteiger partial charge < -0.3 is 10.6 Å². The molecule has 1 aromatic rings. The van der Waals surface area contributed by atoms with Gasteiger partial charge in [0.15, 0.2) is 0 Å². The number of hydrogen-bond acceptors (Lipinski definition) is 4. The Morgan fingerprint density at radius 2 is 2.00 bits per heavy atom. The summed E-state index contributed by atoms with van der Waals surface area (Å²) in [6.45, 7) is 2.08. The average molecular weight is 298 g/mol. The molecule has 1 fully saturated rings. The lowest BCUT2D eigenvalue weighted by Crippen LogP contribution is -2.18. The number of nitrogens with two attached hydrogens (primary N) is 1. The smallest absolute Gasteiger partial charge is 0.132 e. The van der Waals surface area contributed by atoms with Crippen molar-refractivity contribution in [2.75, 3.05) is 23.7 Å². The Hall–Kier alpha value is -1.30. The van der Waals surface area contributed by atoms with Gasteiger partial charge in [-0.15, -0.1) is 0 Å². The van der Waals surface area contributed by atoms with E-state index in [1.807, 2.05) is 13.1 Å². The van der Waals surface area contributed by atoms with Crippen LogP contribution in [0.2, 0.25) is 0 Å². The van der Waals surface area contributed by atoms with Crippen LogP contribution in [0.4, 0.5) is 11.6 Å². The molecule has 1 aromatic heterocycles. The maximum atomic E-state index is 5.95. The third-order valence-electron chi connectivity index (χ3n) is 2.76. The summed E-state index contributed by atoms with van der Waals surface area (Å²) in [5, 5.41) is 4.17. The largest absolute Gasteiger partial charge is 0.384 e. The van der Waals surface area contributed by atoms with Crippen molar-refractivity contribution in [2.45, 2.75) is 12.8 Å². The van der Waals surface area contributed by atoms with Crippen molar-refractivity contribution in [3.05, 3.63) is 22.9 Å².